The van der Waals surface area contributed by atoms with Gasteiger partial charge in [0.05, 0.1) is 54.7 Å². The van der Waals surface area contributed by atoms with Gasteiger partial charge in [-0.2, -0.15) is 0 Å². The van der Waals surface area contributed by atoms with Crippen molar-refractivity contribution in [1.29, 1.82) is 0 Å². The van der Waals surface area contributed by atoms with Crippen LogP contribution in [0.25, 0.3) is 16.0 Å². The molecule has 1 aromatic heterocycles. The number of aromatic nitrogens is 1. The molecule has 3 aliphatic rings. The van der Waals surface area contributed by atoms with Crippen molar-refractivity contribution < 1.29 is 51.7 Å². The molecule has 7 rings (SSSR count). The second-order valence-corrected chi connectivity index (χ2v) is 22.0. The number of β-amino-alcohol motifs (C(OH)–C–C–N with tert-alkyl or cyclic N) is 1. The number of unbranched alkanes of at least 4 members (excludes halogenated alkanes) is 1. The molecule has 4 aromatic rings. The molecule has 73 heavy (non-hydrogen) atoms. The number of thiazole rings is 1. The molecule has 0 spiro atoms. The molecule has 2 aliphatic heterocycles. The number of amides is 3. The van der Waals surface area contributed by atoms with Gasteiger partial charge < -0.3 is 34.9 Å². The fraction of sp³-hybridized carbons (Fsp3) is 0.518. The fourth-order valence-corrected chi connectivity index (χ4v) is 10.9. The molecule has 1 saturated heterocycles. The molecule has 5 atom stereocenters. The fourth-order valence-electron chi connectivity index (χ4n) is 10.1. The van der Waals surface area contributed by atoms with Gasteiger partial charge in [0.15, 0.2) is 5.78 Å². The summed E-state index contributed by atoms with van der Waals surface area (Å²) >= 11 is 1.56. The summed E-state index contributed by atoms with van der Waals surface area (Å²) in [7, 11) is 0. The molecule has 394 valence electrons. The molecule has 17 heteroatoms. The number of ether oxygens (including phenoxy) is 3. The molecule has 3 heterocycles. The number of carbonyl (C=O) groups excluding carboxylic acids is 4. The van der Waals surface area contributed by atoms with Gasteiger partial charge in [-0.3, -0.25) is 24.1 Å². The van der Waals surface area contributed by atoms with Crippen LogP contribution in [0.15, 0.2) is 71.7 Å². The van der Waals surface area contributed by atoms with Gasteiger partial charge in [-0.05, 0) is 104 Å². The molecule has 3 amide bonds. The zero-order valence-corrected chi connectivity index (χ0v) is 43.8. The molecule has 3 N–H and O–H groups in total. The van der Waals surface area contributed by atoms with Crippen molar-refractivity contribution in [3.8, 4) is 10.4 Å². The third kappa shape index (κ3) is 14.1. The van der Waals surface area contributed by atoms with Gasteiger partial charge in [-0.25, -0.2) is 18.2 Å². The number of alkyl halides is 1. The summed E-state index contributed by atoms with van der Waals surface area (Å²) in [6, 6.07) is 15.1. The van der Waals surface area contributed by atoms with Crippen LogP contribution in [-0.4, -0.2) is 126 Å². The first-order chi connectivity index (χ1) is 34.7. The van der Waals surface area contributed by atoms with E-state index in [0.717, 1.165) is 56.1 Å². The van der Waals surface area contributed by atoms with Gasteiger partial charge in [-0.15, -0.1) is 11.3 Å². The number of nitrogens with zero attached hydrogens (tertiary/aromatic N) is 3. The Morgan fingerprint density at radius 1 is 0.918 bits per heavy atom. The largest absolute Gasteiger partial charge is 0.391 e. The van der Waals surface area contributed by atoms with E-state index in [1.165, 1.54) is 18.7 Å². The topological polar surface area (TPSA) is 160 Å². The van der Waals surface area contributed by atoms with E-state index >= 15 is 13.2 Å². The zero-order chi connectivity index (χ0) is 52.6. The van der Waals surface area contributed by atoms with Crippen LogP contribution in [0, 0.1) is 24.0 Å². The lowest BCUT2D eigenvalue weighted by Gasteiger charge is -2.44. The summed E-state index contributed by atoms with van der Waals surface area (Å²) in [6.07, 6.45) is 1.39. The van der Waals surface area contributed by atoms with Crippen molar-refractivity contribution >= 4 is 40.4 Å². The Bertz CT molecular complexity index is 2600. The highest BCUT2D eigenvalue weighted by atomic mass is 32.1. The Kier molecular flexibility index (Phi) is 18.5. The van der Waals surface area contributed by atoms with Crippen LogP contribution in [0.2, 0.25) is 0 Å². The van der Waals surface area contributed by atoms with E-state index < -0.39 is 64.7 Å². The minimum atomic E-state index is -1.61. The molecule has 0 saturated carbocycles. The van der Waals surface area contributed by atoms with Gasteiger partial charge in [0.2, 0.25) is 17.7 Å². The van der Waals surface area contributed by atoms with Crippen molar-refractivity contribution in [2.24, 2.45) is 5.41 Å². The summed E-state index contributed by atoms with van der Waals surface area (Å²) in [5, 5.41) is 16.2. The van der Waals surface area contributed by atoms with Crippen molar-refractivity contribution in [2.75, 3.05) is 52.7 Å². The Hall–Kier alpha value is -5.30. The summed E-state index contributed by atoms with van der Waals surface area (Å²) in [5.74, 6) is -3.41. The SMILES string of the molecule is Cc1ncsc1-c1ccc(CNC(=O)[C@@H]2C[C@@H](O)CN2C(=O)[C@@H](NC(=O)COCCOCCOCCCCC(=O)c2cc(F)c([C@@H]3C4=C(C[C@@H](C)N3CC(C)(C)F)c3ccccc3C4)c(F)c2)C(C)(C)C)cc1. The smallest absolute Gasteiger partial charge is 0.246 e. The number of benzene rings is 3. The Balaban J connectivity index is 0.785. The Morgan fingerprint density at radius 2 is 1.59 bits per heavy atom. The Morgan fingerprint density at radius 3 is 2.25 bits per heavy atom. The molecule has 13 nitrogen and oxygen atoms in total. The zero-order valence-electron chi connectivity index (χ0n) is 43.0. The number of carbonyl (C=O) groups is 4. The number of halogens is 3. The number of aryl methyl sites for hydroxylation is 1. The first-order valence-corrected chi connectivity index (χ1v) is 26.1. The van der Waals surface area contributed by atoms with Crippen molar-refractivity contribution in [2.45, 2.75) is 129 Å². The normalized spacial score (nSPS) is 19.5. The maximum absolute atomic E-state index is 16.1. The van der Waals surface area contributed by atoms with Gasteiger partial charge in [0.25, 0.3) is 0 Å². The van der Waals surface area contributed by atoms with Crippen molar-refractivity contribution in [1.82, 2.24) is 25.4 Å². The highest BCUT2D eigenvalue weighted by Crippen LogP contribution is 2.50. The highest BCUT2D eigenvalue weighted by molar-refractivity contribution is 7.13. The quantitative estimate of drug-likeness (QED) is 0.0486. The van der Waals surface area contributed by atoms with E-state index in [0.29, 0.717) is 32.3 Å². The molecule has 1 fully saturated rings. The van der Waals surface area contributed by atoms with E-state index in [2.05, 4.69) is 15.6 Å². The molecule has 0 unspecified atom stereocenters. The van der Waals surface area contributed by atoms with Gasteiger partial charge >= 0.3 is 0 Å². The standard InChI is InChI=1S/C56H70F3N5O8S/c1-34-24-42-41-13-9-8-12-38(41)25-43(42)50(64(34)32-56(6,7)59)49-44(57)26-39(27-45(49)58)47(66)14-10-11-19-70-20-21-71-22-23-72-31-48(67)62-52(55(3,4)5)54(69)63-30-40(65)28-46(63)53(68)60-29-36-15-17-37(18-16-36)51-35(2)61-33-73-51/h8-9,12-13,15-18,26-27,33-34,40,46,50,52,65H,10-11,14,19-25,28-32H2,1-7H3,(H,60,68)(H,62,67)/t34-,40-,46+,50+,52-/m1/s1. The first kappa shape index (κ1) is 55.5. The van der Waals surface area contributed by atoms with Gasteiger partial charge in [-0.1, -0.05) is 69.3 Å². The van der Waals surface area contributed by atoms with Crippen molar-refractivity contribution in [3.63, 3.8) is 0 Å². The summed E-state index contributed by atoms with van der Waals surface area (Å²) in [4.78, 5) is 62.1. The minimum absolute atomic E-state index is 0.00812. The second kappa shape index (κ2) is 24.4. The van der Waals surface area contributed by atoms with E-state index in [1.54, 1.807) is 37.6 Å². The summed E-state index contributed by atoms with van der Waals surface area (Å²) < 4.78 is 64.2. The lowest BCUT2D eigenvalue weighted by molar-refractivity contribution is -0.144. The van der Waals surface area contributed by atoms with Crippen LogP contribution in [-0.2, 0) is 41.6 Å². The van der Waals surface area contributed by atoms with Crippen molar-refractivity contribution in [3.05, 3.63) is 117 Å². The molecule has 0 bridgehead atoms. The number of hydrogen-bond donors (Lipinski definition) is 3. The number of nitrogens with one attached hydrogen (secondary N) is 2. The van der Waals surface area contributed by atoms with E-state index in [9.17, 15) is 24.3 Å². The van der Waals surface area contributed by atoms with Crippen LogP contribution in [0.1, 0.15) is 118 Å². The number of aliphatic hydroxyl groups is 1. The summed E-state index contributed by atoms with van der Waals surface area (Å²) in [6.45, 7) is 13.3. The number of ketones is 1. The monoisotopic (exact) mass is 1030 g/mol. The first-order valence-electron chi connectivity index (χ1n) is 25.3. The maximum Gasteiger partial charge on any atom is 0.246 e. The van der Waals surface area contributed by atoms with Crippen LogP contribution in [0.3, 0.4) is 0 Å². The van der Waals surface area contributed by atoms with E-state index in [1.807, 2.05) is 67.3 Å². The lowest BCUT2D eigenvalue weighted by atomic mass is 9.83. The number of fused-ring (bicyclic) bond motifs is 2. The second-order valence-electron chi connectivity index (χ2n) is 21.1. The summed E-state index contributed by atoms with van der Waals surface area (Å²) in [5.41, 5.74) is 6.21. The number of hydrogen-bond acceptors (Lipinski definition) is 11. The van der Waals surface area contributed by atoms with Crippen LogP contribution in [0.5, 0.6) is 0 Å². The number of Topliss-reactive ketones (excluding diaryl/α,β-unsaturated/α-hetero) is 1. The van der Waals surface area contributed by atoms with Crippen LogP contribution < -0.4 is 10.6 Å². The number of rotatable bonds is 23. The molecular weight excluding hydrogens is 960 g/mol. The molecular formula is C56H70F3N5O8S. The van der Waals surface area contributed by atoms with E-state index in [4.69, 9.17) is 14.2 Å². The predicted octanol–water partition coefficient (Wildman–Crippen LogP) is 8.50. The van der Waals surface area contributed by atoms with Gasteiger partial charge in [0.1, 0.15) is 36.0 Å². The maximum atomic E-state index is 16.1. The third-order valence-electron chi connectivity index (χ3n) is 13.7. The van der Waals surface area contributed by atoms with E-state index in [-0.39, 0.29) is 88.5 Å². The molecule has 3 aromatic carbocycles. The van der Waals surface area contributed by atoms with Crippen LogP contribution >= 0.6 is 11.3 Å². The predicted molar refractivity (Wildman–Crippen MR) is 274 cm³/mol. The average Bonchev–Trinajstić information content (AvgIpc) is 4.06. The lowest BCUT2D eigenvalue weighted by Crippen LogP contribution is -2.58. The van der Waals surface area contributed by atoms with Gasteiger partial charge in [0, 0.05) is 56.3 Å². The number of likely N-dealkylation sites (tertiary alicyclic amines) is 1. The number of aliphatic hydroxyl groups excluding tert-OH is 1. The minimum Gasteiger partial charge on any atom is -0.391 e. The van der Waals surface area contributed by atoms with Crippen LogP contribution in [0.4, 0.5) is 13.2 Å². The average molecular weight is 1030 g/mol. The Labute approximate surface area is 430 Å². The highest BCUT2D eigenvalue weighted by Gasteiger charge is 2.45. The third-order valence-corrected chi connectivity index (χ3v) is 14.7. The molecule has 1 aliphatic carbocycles. The molecule has 0 radical (unpaired) electrons.